The number of ketones is 2. The fourth-order valence-electron chi connectivity index (χ4n) is 2.78. The van der Waals surface area contributed by atoms with Crippen LogP contribution in [0.2, 0.25) is 0 Å². The van der Waals surface area contributed by atoms with Crippen molar-refractivity contribution in [2.45, 2.75) is 6.92 Å². The standard InChI is InChI=1S/C17H16N2O5S/c1-3-25(22,23)19-11-8-12(24-2)15(18)14-13(11)16(20)9-6-4-5-7-10(9)17(14)21/h4-8,19H,3,18H2,1-2H3. The molecule has 0 saturated carbocycles. The largest absolute Gasteiger partial charge is 0.494 e. The van der Waals surface area contributed by atoms with Crippen LogP contribution in [0.15, 0.2) is 30.3 Å². The second kappa shape index (κ2) is 5.89. The number of ether oxygens (including phenoxy) is 1. The van der Waals surface area contributed by atoms with E-state index in [1.54, 1.807) is 12.1 Å². The van der Waals surface area contributed by atoms with Crippen LogP contribution in [-0.4, -0.2) is 32.8 Å². The molecule has 1 aliphatic carbocycles. The number of methoxy groups -OCH3 is 1. The number of carbonyl (C=O) groups excluding carboxylic acids is 2. The number of rotatable bonds is 4. The van der Waals surface area contributed by atoms with Gasteiger partial charge in [-0.05, 0) is 6.92 Å². The summed E-state index contributed by atoms with van der Waals surface area (Å²) in [7, 11) is -2.33. The van der Waals surface area contributed by atoms with Crippen molar-refractivity contribution in [2.24, 2.45) is 0 Å². The Hall–Kier alpha value is -2.87. The lowest BCUT2D eigenvalue weighted by atomic mass is 9.82. The SMILES string of the molecule is CCS(=O)(=O)Nc1cc(OC)c(N)c2c1C(=O)c1ccccc1C2=O. The van der Waals surface area contributed by atoms with Gasteiger partial charge in [-0.2, -0.15) is 0 Å². The Morgan fingerprint density at radius 2 is 1.64 bits per heavy atom. The third-order valence-electron chi connectivity index (χ3n) is 4.07. The first-order valence-electron chi connectivity index (χ1n) is 7.50. The van der Waals surface area contributed by atoms with E-state index in [1.807, 2.05) is 0 Å². The van der Waals surface area contributed by atoms with Crippen LogP contribution in [-0.2, 0) is 10.0 Å². The zero-order valence-corrected chi connectivity index (χ0v) is 14.4. The fraction of sp³-hybridized carbons (Fsp3) is 0.176. The van der Waals surface area contributed by atoms with E-state index >= 15 is 0 Å². The highest BCUT2D eigenvalue weighted by atomic mass is 32.2. The Morgan fingerprint density at radius 3 is 2.16 bits per heavy atom. The van der Waals surface area contributed by atoms with Gasteiger partial charge in [0, 0.05) is 17.2 Å². The lowest BCUT2D eigenvalue weighted by Crippen LogP contribution is -2.26. The molecule has 8 heteroatoms. The lowest BCUT2D eigenvalue weighted by Gasteiger charge is -2.23. The molecule has 2 aromatic carbocycles. The van der Waals surface area contributed by atoms with Gasteiger partial charge in [-0.1, -0.05) is 24.3 Å². The number of sulfonamides is 1. The molecule has 25 heavy (non-hydrogen) atoms. The van der Waals surface area contributed by atoms with E-state index in [2.05, 4.69) is 4.72 Å². The molecule has 0 unspecified atom stereocenters. The third kappa shape index (κ3) is 2.64. The molecule has 0 spiro atoms. The molecule has 0 radical (unpaired) electrons. The highest BCUT2D eigenvalue weighted by molar-refractivity contribution is 7.92. The third-order valence-corrected chi connectivity index (χ3v) is 5.36. The number of nitrogens with two attached hydrogens (primary N) is 1. The molecule has 0 amide bonds. The number of hydrogen-bond donors (Lipinski definition) is 2. The predicted octanol–water partition coefficient (Wildman–Crippen LogP) is 1.81. The monoisotopic (exact) mass is 360 g/mol. The molecule has 3 rings (SSSR count). The van der Waals surface area contributed by atoms with Gasteiger partial charge in [0.15, 0.2) is 11.6 Å². The molecule has 130 valence electrons. The number of benzene rings is 2. The summed E-state index contributed by atoms with van der Waals surface area (Å²) in [6, 6.07) is 7.66. The van der Waals surface area contributed by atoms with Gasteiger partial charge in [-0.15, -0.1) is 0 Å². The molecule has 0 aromatic heterocycles. The van der Waals surface area contributed by atoms with E-state index in [0.717, 1.165) is 0 Å². The molecule has 0 atom stereocenters. The van der Waals surface area contributed by atoms with Crippen molar-refractivity contribution < 1.29 is 22.7 Å². The van der Waals surface area contributed by atoms with Crippen molar-refractivity contribution in [1.82, 2.24) is 0 Å². The molecule has 3 N–H and O–H groups in total. The van der Waals surface area contributed by atoms with Crippen LogP contribution < -0.4 is 15.2 Å². The van der Waals surface area contributed by atoms with E-state index in [-0.39, 0.29) is 45.1 Å². The number of hydrogen-bond acceptors (Lipinski definition) is 6. The van der Waals surface area contributed by atoms with E-state index in [0.29, 0.717) is 0 Å². The molecule has 0 bridgehead atoms. The van der Waals surface area contributed by atoms with Crippen LogP contribution in [0.4, 0.5) is 11.4 Å². The number of nitrogens with one attached hydrogen (secondary N) is 1. The minimum atomic E-state index is -3.67. The zero-order chi connectivity index (χ0) is 18.4. The summed E-state index contributed by atoms with van der Waals surface area (Å²) in [4.78, 5) is 25.8. The summed E-state index contributed by atoms with van der Waals surface area (Å²) in [5.74, 6) is -0.979. The van der Waals surface area contributed by atoms with E-state index in [1.165, 1.54) is 32.2 Å². The molecule has 7 nitrogen and oxygen atoms in total. The van der Waals surface area contributed by atoms with Crippen LogP contribution in [0.5, 0.6) is 5.75 Å². The maximum absolute atomic E-state index is 12.9. The van der Waals surface area contributed by atoms with E-state index in [4.69, 9.17) is 10.5 Å². The maximum atomic E-state index is 12.9. The first-order valence-corrected chi connectivity index (χ1v) is 9.15. The smallest absolute Gasteiger partial charge is 0.232 e. The quantitative estimate of drug-likeness (QED) is 0.686. The normalized spacial score (nSPS) is 13.2. The highest BCUT2D eigenvalue weighted by Gasteiger charge is 2.35. The van der Waals surface area contributed by atoms with Gasteiger partial charge in [0.25, 0.3) is 0 Å². The molecule has 0 fully saturated rings. The van der Waals surface area contributed by atoms with Crippen LogP contribution >= 0.6 is 0 Å². The van der Waals surface area contributed by atoms with Crippen molar-refractivity contribution in [3.8, 4) is 5.75 Å². The number of nitrogen functional groups attached to an aromatic ring is 1. The molecule has 0 aliphatic heterocycles. The maximum Gasteiger partial charge on any atom is 0.232 e. The summed E-state index contributed by atoms with van der Waals surface area (Å²) in [6.07, 6.45) is 0. The van der Waals surface area contributed by atoms with Gasteiger partial charge in [0.05, 0.1) is 35.4 Å². The van der Waals surface area contributed by atoms with Crippen LogP contribution in [0, 0.1) is 0 Å². The van der Waals surface area contributed by atoms with E-state index in [9.17, 15) is 18.0 Å². The Morgan fingerprint density at radius 1 is 1.08 bits per heavy atom. The first kappa shape index (κ1) is 17.0. The van der Waals surface area contributed by atoms with Gasteiger partial charge in [0.2, 0.25) is 10.0 Å². The summed E-state index contributed by atoms with van der Waals surface area (Å²) >= 11 is 0. The molecular weight excluding hydrogens is 344 g/mol. The van der Waals surface area contributed by atoms with Crippen molar-refractivity contribution in [2.75, 3.05) is 23.3 Å². The minimum Gasteiger partial charge on any atom is -0.494 e. The highest BCUT2D eigenvalue weighted by Crippen LogP contribution is 2.40. The Balaban J connectivity index is 2.34. The summed E-state index contributed by atoms with van der Waals surface area (Å²) < 4.78 is 31.5. The Labute approximate surface area is 144 Å². The van der Waals surface area contributed by atoms with Crippen LogP contribution in [0.25, 0.3) is 0 Å². The summed E-state index contributed by atoms with van der Waals surface area (Å²) in [5.41, 5.74) is 6.34. The zero-order valence-electron chi connectivity index (χ0n) is 13.6. The number of fused-ring (bicyclic) bond motifs is 2. The number of anilines is 2. The predicted molar refractivity (Wildman–Crippen MR) is 93.8 cm³/mol. The minimum absolute atomic E-state index is 0.00444. The lowest BCUT2D eigenvalue weighted by molar-refractivity contribution is 0.0980. The van der Waals surface area contributed by atoms with E-state index < -0.39 is 21.6 Å². The molecule has 2 aromatic rings. The van der Waals surface area contributed by atoms with Crippen LogP contribution in [0.3, 0.4) is 0 Å². The molecule has 1 aliphatic rings. The first-order chi connectivity index (χ1) is 11.8. The van der Waals surface area contributed by atoms with Crippen molar-refractivity contribution in [1.29, 1.82) is 0 Å². The topological polar surface area (TPSA) is 116 Å². The summed E-state index contributed by atoms with van der Waals surface area (Å²) in [5, 5.41) is 0. The van der Waals surface area contributed by atoms with Gasteiger partial charge < -0.3 is 10.5 Å². The summed E-state index contributed by atoms with van der Waals surface area (Å²) in [6.45, 7) is 1.46. The molecule has 0 heterocycles. The van der Waals surface area contributed by atoms with Gasteiger partial charge in [-0.25, -0.2) is 8.42 Å². The Bertz CT molecular complexity index is 1010. The molecular formula is C17H16N2O5S. The van der Waals surface area contributed by atoms with Gasteiger partial charge >= 0.3 is 0 Å². The number of carbonyl (C=O) groups is 2. The van der Waals surface area contributed by atoms with Gasteiger partial charge in [-0.3, -0.25) is 14.3 Å². The van der Waals surface area contributed by atoms with Gasteiger partial charge in [0.1, 0.15) is 5.75 Å². The van der Waals surface area contributed by atoms with Crippen LogP contribution in [0.1, 0.15) is 38.8 Å². The van der Waals surface area contributed by atoms with Crippen molar-refractivity contribution in [3.63, 3.8) is 0 Å². The van der Waals surface area contributed by atoms with Crippen molar-refractivity contribution >= 4 is 33.0 Å². The molecule has 0 saturated heterocycles. The fourth-order valence-corrected chi connectivity index (χ4v) is 3.42. The second-order valence-corrected chi connectivity index (χ2v) is 7.51. The Kier molecular flexibility index (Phi) is 4.00. The second-order valence-electron chi connectivity index (χ2n) is 5.50. The van der Waals surface area contributed by atoms with Crippen molar-refractivity contribution in [3.05, 3.63) is 52.6 Å². The average molecular weight is 360 g/mol. The average Bonchev–Trinajstić information content (AvgIpc) is 2.60.